The number of benzene rings is 2. The minimum absolute atomic E-state index is 0.174. The third-order valence-corrected chi connectivity index (χ3v) is 2.71. The molecule has 0 heterocycles. The van der Waals surface area contributed by atoms with Crippen LogP contribution in [-0.4, -0.2) is 4.99 Å². The van der Waals surface area contributed by atoms with Crippen LogP contribution in [0.2, 0.25) is 0 Å². The largest absolute Gasteiger partial charge is 0.489 e. The Labute approximate surface area is 110 Å². The van der Waals surface area contributed by atoms with Crippen LogP contribution in [-0.2, 0) is 6.61 Å². The predicted molar refractivity (Wildman–Crippen MR) is 73.1 cm³/mol. The maximum atomic E-state index is 13.7. The average molecular weight is 261 g/mol. The van der Waals surface area contributed by atoms with E-state index in [1.807, 2.05) is 30.3 Å². The maximum Gasteiger partial charge on any atom is 0.130 e. The summed E-state index contributed by atoms with van der Waals surface area (Å²) in [5.41, 5.74) is 6.42. The number of halogens is 1. The predicted octanol–water partition coefficient (Wildman–Crippen LogP) is 3.04. The van der Waals surface area contributed by atoms with E-state index >= 15 is 0 Å². The van der Waals surface area contributed by atoms with Gasteiger partial charge in [-0.05, 0) is 18.2 Å². The number of rotatable bonds is 4. The van der Waals surface area contributed by atoms with Crippen molar-refractivity contribution in [3.8, 4) is 5.75 Å². The number of hydrogen-bond acceptors (Lipinski definition) is 2. The van der Waals surface area contributed by atoms with Crippen molar-refractivity contribution in [1.29, 1.82) is 0 Å². The monoisotopic (exact) mass is 261 g/mol. The fraction of sp³-hybridized carbons (Fsp3) is 0.0714. The molecule has 2 aromatic carbocycles. The molecule has 0 aromatic heterocycles. The minimum atomic E-state index is -0.365. The summed E-state index contributed by atoms with van der Waals surface area (Å²) in [7, 11) is 0. The van der Waals surface area contributed by atoms with E-state index in [1.165, 1.54) is 6.07 Å². The topological polar surface area (TPSA) is 35.2 Å². The summed E-state index contributed by atoms with van der Waals surface area (Å²) in [5.74, 6) is 0.339. The molecule has 2 rings (SSSR count). The van der Waals surface area contributed by atoms with E-state index in [-0.39, 0.29) is 17.4 Å². The molecule has 0 atom stereocenters. The molecule has 4 heteroatoms. The van der Waals surface area contributed by atoms with Crippen molar-refractivity contribution in [2.24, 2.45) is 5.73 Å². The van der Waals surface area contributed by atoms with Crippen LogP contribution in [0.3, 0.4) is 0 Å². The van der Waals surface area contributed by atoms with Gasteiger partial charge in [-0.25, -0.2) is 4.39 Å². The van der Waals surface area contributed by atoms with E-state index in [9.17, 15) is 4.39 Å². The normalized spacial score (nSPS) is 10.1. The van der Waals surface area contributed by atoms with E-state index in [0.29, 0.717) is 16.9 Å². The zero-order chi connectivity index (χ0) is 13.0. The maximum absolute atomic E-state index is 13.7. The van der Waals surface area contributed by atoms with Gasteiger partial charge in [-0.1, -0.05) is 42.5 Å². The third-order valence-electron chi connectivity index (χ3n) is 2.48. The summed E-state index contributed by atoms with van der Waals surface area (Å²) in [6.45, 7) is 0.174. The Balaban J connectivity index is 2.08. The molecule has 0 fully saturated rings. The Hall–Kier alpha value is -1.94. The van der Waals surface area contributed by atoms with E-state index in [4.69, 9.17) is 22.7 Å². The Bertz CT molecular complexity index is 557. The summed E-state index contributed by atoms with van der Waals surface area (Å²) in [4.78, 5) is 0.185. The molecular weight excluding hydrogens is 249 g/mol. The third kappa shape index (κ3) is 3.05. The van der Waals surface area contributed by atoms with Gasteiger partial charge in [0.05, 0.1) is 0 Å². The summed E-state index contributed by atoms with van der Waals surface area (Å²) in [6.07, 6.45) is 0. The Morgan fingerprint density at radius 2 is 1.89 bits per heavy atom. The van der Waals surface area contributed by atoms with Gasteiger partial charge in [0.25, 0.3) is 0 Å². The highest BCUT2D eigenvalue weighted by molar-refractivity contribution is 7.80. The van der Waals surface area contributed by atoms with Crippen molar-refractivity contribution < 1.29 is 9.13 Å². The van der Waals surface area contributed by atoms with Gasteiger partial charge in [-0.15, -0.1) is 0 Å². The Kier molecular flexibility index (Phi) is 3.89. The molecule has 0 saturated heterocycles. The van der Waals surface area contributed by atoms with Crippen LogP contribution in [0.4, 0.5) is 4.39 Å². The highest BCUT2D eigenvalue weighted by Crippen LogP contribution is 2.15. The highest BCUT2D eigenvalue weighted by atomic mass is 32.1. The van der Waals surface area contributed by atoms with Crippen molar-refractivity contribution in [1.82, 2.24) is 0 Å². The van der Waals surface area contributed by atoms with Crippen LogP contribution in [0.15, 0.2) is 48.5 Å². The SMILES string of the molecule is NC(=S)c1ccc(COc2ccccc2)c(F)c1. The summed E-state index contributed by atoms with van der Waals surface area (Å²) >= 11 is 4.79. The molecule has 2 N–H and O–H groups in total. The first-order chi connectivity index (χ1) is 8.66. The highest BCUT2D eigenvalue weighted by Gasteiger charge is 2.05. The van der Waals surface area contributed by atoms with Crippen molar-refractivity contribution in [3.05, 3.63) is 65.5 Å². The molecular formula is C14H12FNOS. The molecule has 0 aliphatic heterocycles. The van der Waals surface area contributed by atoms with Gasteiger partial charge < -0.3 is 10.5 Å². The average Bonchev–Trinajstić information content (AvgIpc) is 2.38. The molecule has 0 unspecified atom stereocenters. The van der Waals surface area contributed by atoms with Crippen molar-refractivity contribution >= 4 is 17.2 Å². The summed E-state index contributed by atoms with van der Waals surface area (Å²) in [6, 6.07) is 13.9. The van der Waals surface area contributed by atoms with Crippen LogP contribution >= 0.6 is 12.2 Å². The lowest BCUT2D eigenvalue weighted by atomic mass is 10.1. The zero-order valence-electron chi connectivity index (χ0n) is 9.60. The van der Waals surface area contributed by atoms with E-state index < -0.39 is 0 Å². The second-order valence-electron chi connectivity index (χ2n) is 3.77. The first-order valence-electron chi connectivity index (χ1n) is 5.43. The Morgan fingerprint density at radius 3 is 2.50 bits per heavy atom. The molecule has 0 saturated carbocycles. The van der Waals surface area contributed by atoms with E-state index in [2.05, 4.69) is 0 Å². The molecule has 18 heavy (non-hydrogen) atoms. The van der Waals surface area contributed by atoms with Crippen LogP contribution in [0.5, 0.6) is 5.75 Å². The first kappa shape index (κ1) is 12.5. The van der Waals surface area contributed by atoms with Gasteiger partial charge in [0.1, 0.15) is 23.2 Å². The lowest BCUT2D eigenvalue weighted by Crippen LogP contribution is -2.10. The molecule has 92 valence electrons. The van der Waals surface area contributed by atoms with Gasteiger partial charge >= 0.3 is 0 Å². The van der Waals surface area contributed by atoms with Gasteiger partial charge in [0.2, 0.25) is 0 Å². The molecule has 2 aromatic rings. The molecule has 2 nitrogen and oxygen atoms in total. The fourth-order valence-electron chi connectivity index (χ4n) is 1.50. The Morgan fingerprint density at radius 1 is 1.17 bits per heavy atom. The first-order valence-corrected chi connectivity index (χ1v) is 5.84. The molecule has 0 amide bonds. The molecule has 0 bridgehead atoms. The van der Waals surface area contributed by atoms with E-state index in [1.54, 1.807) is 12.1 Å². The molecule has 0 aliphatic carbocycles. The molecule has 0 aliphatic rings. The second-order valence-corrected chi connectivity index (χ2v) is 4.21. The zero-order valence-corrected chi connectivity index (χ0v) is 10.4. The van der Waals surface area contributed by atoms with Crippen LogP contribution in [0.1, 0.15) is 11.1 Å². The van der Waals surface area contributed by atoms with Crippen molar-refractivity contribution in [2.75, 3.05) is 0 Å². The quantitative estimate of drug-likeness (QED) is 0.859. The lowest BCUT2D eigenvalue weighted by molar-refractivity contribution is 0.300. The number of ether oxygens (including phenoxy) is 1. The van der Waals surface area contributed by atoms with Gasteiger partial charge in [-0.3, -0.25) is 0 Å². The molecule has 0 spiro atoms. The lowest BCUT2D eigenvalue weighted by Gasteiger charge is -2.08. The summed E-state index contributed by atoms with van der Waals surface area (Å²) < 4.78 is 19.2. The van der Waals surface area contributed by atoms with Crippen LogP contribution in [0.25, 0.3) is 0 Å². The van der Waals surface area contributed by atoms with Gasteiger partial charge in [0, 0.05) is 11.1 Å². The number of para-hydroxylation sites is 1. The van der Waals surface area contributed by atoms with Crippen molar-refractivity contribution in [3.63, 3.8) is 0 Å². The van der Waals surface area contributed by atoms with Crippen LogP contribution < -0.4 is 10.5 Å². The smallest absolute Gasteiger partial charge is 0.130 e. The summed E-state index contributed by atoms with van der Waals surface area (Å²) in [5, 5.41) is 0. The standard InChI is InChI=1S/C14H12FNOS/c15-13-8-10(14(16)18)6-7-11(13)9-17-12-4-2-1-3-5-12/h1-8H,9H2,(H2,16,18). The van der Waals surface area contributed by atoms with Crippen molar-refractivity contribution in [2.45, 2.75) is 6.61 Å². The minimum Gasteiger partial charge on any atom is -0.489 e. The van der Waals surface area contributed by atoms with Gasteiger partial charge in [-0.2, -0.15) is 0 Å². The number of nitrogens with two attached hydrogens (primary N) is 1. The number of hydrogen-bond donors (Lipinski definition) is 1. The van der Waals surface area contributed by atoms with Gasteiger partial charge in [0.15, 0.2) is 0 Å². The fourth-order valence-corrected chi connectivity index (χ4v) is 1.62. The molecule has 0 radical (unpaired) electrons. The second kappa shape index (κ2) is 5.60. The van der Waals surface area contributed by atoms with Crippen LogP contribution in [0, 0.1) is 5.82 Å². The van der Waals surface area contributed by atoms with E-state index in [0.717, 1.165) is 0 Å². The number of thiocarbonyl (C=S) groups is 1.